The van der Waals surface area contributed by atoms with Crippen LogP contribution in [0, 0.1) is 6.92 Å². The van der Waals surface area contributed by atoms with Crippen molar-refractivity contribution in [2.45, 2.75) is 19.9 Å². The van der Waals surface area contributed by atoms with Crippen LogP contribution in [0.15, 0.2) is 24.3 Å². The van der Waals surface area contributed by atoms with Gasteiger partial charge < -0.3 is 5.32 Å². The van der Waals surface area contributed by atoms with Gasteiger partial charge in [0, 0.05) is 18.8 Å². The molecule has 0 aromatic heterocycles. The van der Waals surface area contributed by atoms with E-state index in [-0.39, 0.29) is 5.91 Å². The smallest absolute Gasteiger partial charge is 0.221 e. The van der Waals surface area contributed by atoms with Crippen LogP contribution in [-0.2, 0) is 11.3 Å². The number of halogens is 1. The van der Waals surface area contributed by atoms with Crippen molar-refractivity contribution in [2.75, 3.05) is 5.88 Å². The lowest BCUT2D eigenvalue weighted by Gasteiger charge is -2.04. The predicted octanol–water partition coefficient (Wildman–Crippen LogP) is 2.24. The molecule has 1 N–H and O–H groups in total. The molecule has 0 aliphatic carbocycles. The van der Waals surface area contributed by atoms with Crippen LogP contribution >= 0.6 is 11.6 Å². The van der Waals surface area contributed by atoms with Crippen molar-refractivity contribution in [3.8, 4) is 0 Å². The molecule has 1 aromatic carbocycles. The Balaban J connectivity index is 2.38. The molecule has 0 saturated carbocycles. The third-order valence-electron chi connectivity index (χ3n) is 1.93. The molecule has 0 aliphatic heterocycles. The van der Waals surface area contributed by atoms with E-state index in [4.69, 9.17) is 11.6 Å². The maximum atomic E-state index is 11.1. The van der Waals surface area contributed by atoms with Crippen molar-refractivity contribution in [3.63, 3.8) is 0 Å². The molecule has 0 unspecified atom stereocenters. The molecule has 14 heavy (non-hydrogen) atoms. The van der Waals surface area contributed by atoms with Gasteiger partial charge in [-0.2, -0.15) is 0 Å². The molecular weight excluding hydrogens is 198 g/mol. The lowest BCUT2D eigenvalue weighted by molar-refractivity contribution is -0.120. The van der Waals surface area contributed by atoms with Gasteiger partial charge in [-0.3, -0.25) is 4.79 Å². The number of carbonyl (C=O) groups excluding carboxylic acids is 1. The Morgan fingerprint density at radius 2 is 2.00 bits per heavy atom. The van der Waals surface area contributed by atoms with E-state index in [0.717, 1.165) is 5.56 Å². The molecule has 1 rings (SSSR count). The van der Waals surface area contributed by atoms with Crippen molar-refractivity contribution in [2.24, 2.45) is 0 Å². The number of rotatable bonds is 4. The maximum Gasteiger partial charge on any atom is 0.221 e. The Morgan fingerprint density at radius 1 is 1.36 bits per heavy atom. The molecule has 0 aliphatic rings. The van der Waals surface area contributed by atoms with E-state index >= 15 is 0 Å². The second kappa shape index (κ2) is 5.66. The summed E-state index contributed by atoms with van der Waals surface area (Å²) < 4.78 is 0. The van der Waals surface area contributed by atoms with Gasteiger partial charge in [-0.25, -0.2) is 0 Å². The molecule has 1 amide bonds. The largest absolute Gasteiger partial charge is 0.352 e. The van der Waals surface area contributed by atoms with Gasteiger partial charge in [0.2, 0.25) is 5.91 Å². The fourth-order valence-corrected chi connectivity index (χ4v) is 1.25. The molecule has 2 nitrogen and oxygen atoms in total. The first-order chi connectivity index (χ1) is 6.72. The first-order valence-electron chi connectivity index (χ1n) is 4.60. The summed E-state index contributed by atoms with van der Waals surface area (Å²) in [6.07, 6.45) is 0.382. The monoisotopic (exact) mass is 211 g/mol. The standard InChI is InChI=1S/C11H14ClNO/c1-9-2-4-10(5-3-9)8-13-11(14)6-7-12/h2-5H,6-8H2,1H3,(H,13,14). The van der Waals surface area contributed by atoms with E-state index < -0.39 is 0 Å². The first kappa shape index (κ1) is 11.1. The van der Waals surface area contributed by atoms with Crippen LogP contribution in [0.2, 0.25) is 0 Å². The Morgan fingerprint density at radius 3 is 2.57 bits per heavy atom. The number of amides is 1. The third-order valence-corrected chi connectivity index (χ3v) is 2.12. The second-order valence-corrected chi connectivity index (χ2v) is 3.58. The highest BCUT2D eigenvalue weighted by molar-refractivity contribution is 6.18. The minimum atomic E-state index is 0.000532. The fraction of sp³-hybridized carbons (Fsp3) is 0.364. The SMILES string of the molecule is Cc1ccc(CNC(=O)CCCl)cc1. The average molecular weight is 212 g/mol. The topological polar surface area (TPSA) is 29.1 Å². The molecule has 0 atom stereocenters. The summed E-state index contributed by atoms with van der Waals surface area (Å²) in [4.78, 5) is 11.1. The molecule has 1 aromatic rings. The molecule has 0 bridgehead atoms. The van der Waals surface area contributed by atoms with Crippen molar-refractivity contribution in [1.29, 1.82) is 0 Å². The van der Waals surface area contributed by atoms with Gasteiger partial charge in [-0.05, 0) is 12.5 Å². The molecule has 0 fully saturated rings. The summed E-state index contributed by atoms with van der Waals surface area (Å²) >= 11 is 5.44. The Bertz CT molecular complexity index is 295. The van der Waals surface area contributed by atoms with Crippen molar-refractivity contribution in [3.05, 3.63) is 35.4 Å². The minimum Gasteiger partial charge on any atom is -0.352 e. The second-order valence-electron chi connectivity index (χ2n) is 3.20. The number of benzene rings is 1. The van der Waals surface area contributed by atoms with Gasteiger partial charge in [0.05, 0.1) is 0 Å². The minimum absolute atomic E-state index is 0.000532. The number of hydrogen-bond donors (Lipinski definition) is 1. The molecule has 3 heteroatoms. The normalized spacial score (nSPS) is 9.86. The van der Waals surface area contributed by atoms with E-state index in [1.54, 1.807) is 0 Å². The average Bonchev–Trinajstić information content (AvgIpc) is 2.17. The fourth-order valence-electron chi connectivity index (χ4n) is 1.08. The molecule has 0 radical (unpaired) electrons. The highest BCUT2D eigenvalue weighted by atomic mass is 35.5. The van der Waals surface area contributed by atoms with Crippen molar-refractivity contribution < 1.29 is 4.79 Å². The summed E-state index contributed by atoms with van der Waals surface area (Å²) in [6, 6.07) is 8.08. The summed E-state index contributed by atoms with van der Waals surface area (Å²) in [6.45, 7) is 2.62. The van der Waals surface area contributed by atoms with Crippen LogP contribution in [-0.4, -0.2) is 11.8 Å². The summed E-state index contributed by atoms with van der Waals surface area (Å²) in [5.74, 6) is 0.375. The number of nitrogens with one attached hydrogen (secondary N) is 1. The van der Waals surface area contributed by atoms with E-state index in [1.807, 2.05) is 31.2 Å². The molecular formula is C11H14ClNO. The molecule has 0 saturated heterocycles. The lowest BCUT2D eigenvalue weighted by atomic mass is 10.1. The first-order valence-corrected chi connectivity index (χ1v) is 5.14. The third kappa shape index (κ3) is 3.79. The van der Waals surface area contributed by atoms with Gasteiger partial charge >= 0.3 is 0 Å². The number of hydrogen-bond acceptors (Lipinski definition) is 1. The predicted molar refractivity (Wildman–Crippen MR) is 58.4 cm³/mol. The Kier molecular flexibility index (Phi) is 4.47. The van der Waals surface area contributed by atoms with Crippen LogP contribution in [0.25, 0.3) is 0 Å². The quantitative estimate of drug-likeness (QED) is 0.761. The van der Waals surface area contributed by atoms with Gasteiger partial charge in [0.1, 0.15) is 0 Å². The zero-order valence-electron chi connectivity index (χ0n) is 8.22. The van der Waals surface area contributed by atoms with E-state index in [9.17, 15) is 4.79 Å². The highest BCUT2D eigenvalue weighted by Gasteiger charge is 1.99. The van der Waals surface area contributed by atoms with Gasteiger partial charge in [0.25, 0.3) is 0 Å². The number of alkyl halides is 1. The Labute approximate surface area is 89.3 Å². The summed E-state index contributed by atoms with van der Waals surface area (Å²) in [5, 5.41) is 2.80. The molecule has 0 heterocycles. The lowest BCUT2D eigenvalue weighted by Crippen LogP contribution is -2.22. The van der Waals surface area contributed by atoms with Crippen molar-refractivity contribution >= 4 is 17.5 Å². The van der Waals surface area contributed by atoms with Crippen LogP contribution in [0.5, 0.6) is 0 Å². The van der Waals surface area contributed by atoms with Crippen LogP contribution < -0.4 is 5.32 Å². The van der Waals surface area contributed by atoms with Crippen LogP contribution in [0.1, 0.15) is 17.5 Å². The summed E-state index contributed by atoms with van der Waals surface area (Å²) in [7, 11) is 0. The number of carbonyl (C=O) groups is 1. The van der Waals surface area contributed by atoms with Crippen LogP contribution in [0.4, 0.5) is 0 Å². The zero-order valence-corrected chi connectivity index (χ0v) is 8.97. The van der Waals surface area contributed by atoms with Gasteiger partial charge in [0.15, 0.2) is 0 Å². The van der Waals surface area contributed by atoms with E-state index in [2.05, 4.69) is 5.32 Å². The van der Waals surface area contributed by atoms with Crippen molar-refractivity contribution in [1.82, 2.24) is 5.32 Å². The van der Waals surface area contributed by atoms with Gasteiger partial charge in [-0.1, -0.05) is 29.8 Å². The highest BCUT2D eigenvalue weighted by Crippen LogP contribution is 2.02. The Hall–Kier alpha value is -1.02. The van der Waals surface area contributed by atoms with E-state index in [0.29, 0.717) is 18.8 Å². The van der Waals surface area contributed by atoms with E-state index in [1.165, 1.54) is 5.56 Å². The maximum absolute atomic E-state index is 11.1. The summed E-state index contributed by atoms with van der Waals surface area (Å²) in [5.41, 5.74) is 2.33. The zero-order chi connectivity index (χ0) is 10.4. The number of aryl methyl sites for hydroxylation is 1. The van der Waals surface area contributed by atoms with Crippen LogP contribution in [0.3, 0.4) is 0 Å². The van der Waals surface area contributed by atoms with Gasteiger partial charge in [-0.15, -0.1) is 11.6 Å². The molecule has 76 valence electrons. The molecule has 0 spiro atoms.